The van der Waals surface area contributed by atoms with E-state index in [1.54, 1.807) is 19.1 Å². The average molecular weight is 386 g/mol. The second kappa shape index (κ2) is 6.85. The fraction of sp³-hybridized carbons (Fsp3) is 0.105. The number of nitrogens with zero attached hydrogens (tertiary/aromatic N) is 3. The Morgan fingerprint density at radius 3 is 2.70 bits per heavy atom. The zero-order valence-electron chi connectivity index (χ0n) is 14.1. The second-order valence-electron chi connectivity index (χ2n) is 5.79. The minimum atomic E-state index is -0.645. The molecule has 0 aliphatic carbocycles. The number of hydrogen-bond donors (Lipinski definition) is 0. The molecule has 27 heavy (non-hydrogen) atoms. The number of para-hydroxylation sites is 2. The minimum absolute atomic E-state index is 0.0849. The predicted octanol–water partition coefficient (Wildman–Crippen LogP) is 4.47. The van der Waals surface area contributed by atoms with E-state index in [4.69, 9.17) is 20.8 Å². The normalized spacial score (nSPS) is 11.1. The second-order valence-corrected chi connectivity index (χ2v) is 6.15. The number of hydrogen-bond acceptors (Lipinski definition) is 5. The molecule has 0 unspecified atom stereocenters. The highest BCUT2D eigenvalue weighted by atomic mass is 35.5. The van der Waals surface area contributed by atoms with Crippen LogP contribution >= 0.6 is 11.6 Å². The van der Waals surface area contributed by atoms with Crippen LogP contribution in [-0.2, 0) is 11.3 Å². The topological polar surface area (TPSA) is 70.2 Å². The van der Waals surface area contributed by atoms with Crippen LogP contribution in [0.2, 0.25) is 5.15 Å². The van der Waals surface area contributed by atoms with Crippen LogP contribution in [-0.4, -0.2) is 20.7 Å². The third kappa shape index (κ3) is 3.29. The van der Waals surface area contributed by atoms with Gasteiger partial charge in [-0.3, -0.25) is 0 Å². The lowest BCUT2D eigenvalue weighted by atomic mass is 10.2. The summed E-state index contributed by atoms with van der Waals surface area (Å²) in [6, 6.07) is 12.9. The zero-order chi connectivity index (χ0) is 19.0. The molecule has 0 N–H and O–H groups in total. The van der Waals surface area contributed by atoms with Gasteiger partial charge in [0.25, 0.3) is 0 Å². The molecule has 0 aliphatic rings. The number of fused-ring (bicyclic) bond motifs is 1. The van der Waals surface area contributed by atoms with Gasteiger partial charge >= 0.3 is 5.97 Å². The first-order valence-corrected chi connectivity index (χ1v) is 8.43. The van der Waals surface area contributed by atoms with Crippen LogP contribution in [0.3, 0.4) is 0 Å². The fourth-order valence-corrected chi connectivity index (χ4v) is 3.01. The standard InChI is InChI=1S/C19H13ClFN3O3/c1-11-17(18(20)24(23-11)13-8-6-12(21)7-9-13)19(25)26-10-16-22-14-4-2-3-5-15(14)27-16/h2-9H,10H2,1H3. The van der Waals surface area contributed by atoms with Crippen molar-refractivity contribution < 1.29 is 18.3 Å². The number of esters is 1. The number of aryl methyl sites for hydroxylation is 1. The Bertz CT molecular complexity index is 1100. The third-order valence-electron chi connectivity index (χ3n) is 3.94. The van der Waals surface area contributed by atoms with E-state index in [1.807, 2.05) is 12.1 Å². The van der Waals surface area contributed by atoms with E-state index in [0.717, 1.165) is 0 Å². The Hall–Kier alpha value is -3.19. The van der Waals surface area contributed by atoms with Gasteiger partial charge < -0.3 is 9.15 Å². The van der Waals surface area contributed by atoms with E-state index in [0.29, 0.717) is 22.5 Å². The van der Waals surface area contributed by atoms with Crippen LogP contribution in [0, 0.1) is 12.7 Å². The summed E-state index contributed by atoms with van der Waals surface area (Å²) >= 11 is 6.31. The number of rotatable bonds is 4. The van der Waals surface area contributed by atoms with Crippen molar-refractivity contribution in [1.82, 2.24) is 14.8 Å². The van der Waals surface area contributed by atoms with Crippen LogP contribution in [0.15, 0.2) is 52.9 Å². The summed E-state index contributed by atoms with van der Waals surface area (Å²) in [4.78, 5) is 16.7. The van der Waals surface area contributed by atoms with E-state index >= 15 is 0 Å². The van der Waals surface area contributed by atoms with E-state index in [2.05, 4.69) is 10.1 Å². The van der Waals surface area contributed by atoms with Gasteiger partial charge in [-0.05, 0) is 43.3 Å². The molecule has 4 aromatic rings. The molecule has 0 bridgehead atoms. The molecule has 2 aromatic heterocycles. The molecule has 0 saturated carbocycles. The smallest absolute Gasteiger partial charge is 0.343 e. The first-order chi connectivity index (χ1) is 13.0. The van der Waals surface area contributed by atoms with Crippen LogP contribution in [0.4, 0.5) is 4.39 Å². The molecule has 0 amide bonds. The predicted molar refractivity (Wildman–Crippen MR) is 96.4 cm³/mol. The maximum absolute atomic E-state index is 13.1. The molecule has 4 rings (SSSR count). The molecule has 0 fully saturated rings. The lowest BCUT2D eigenvalue weighted by Crippen LogP contribution is -2.07. The van der Waals surface area contributed by atoms with Gasteiger partial charge in [0, 0.05) is 0 Å². The molecule has 6 nitrogen and oxygen atoms in total. The highest BCUT2D eigenvalue weighted by Gasteiger charge is 2.23. The number of aromatic nitrogens is 3. The van der Waals surface area contributed by atoms with Gasteiger partial charge in [0.05, 0.1) is 11.4 Å². The van der Waals surface area contributed by atoms with Gasteiger partial charge in [0.1, 0.15) is 22.1 Å². The van der Waals surface area contributed by atoms with Crippen molar-refractivity contribution in [3.63, 3.8) is 0 Å². The average Bonchev–Trinajstić information content (AvgIpc) is 3.20. The molecular formula is C19H13ClFN3O3. The number of halogens is 2. The van der Waals surface area contributed by atoms with Gasteiger partial charge in [-0.25, -0.2) is 18.9 Å². The Kier molecular flexibility index (Phi) is 4.37. The van der Waals surface area contributed by atoms with Crippen molar-refractivity contribution in [1.29, 1.82) is 0 Å². The summed E-state index contributed by atoms with van der Waals surface area (Å²) in [6.07, 6.45) is 0. The molecule has 0 spiro atoms. The molecule has 0 saturated heterocycles. The van der Waals surface area contributed by atoms with Crippen molar-refractivity contribution in [2.24, 2.45) is 0 Å². The summed E-state index contributed by atoms with van der Waals surface area (Å²) in [6.45, 7) is 1.51. The highest BCUT2D eigenvalue weighted by molar-refractivity contribution is 6.33. The van der Waals surface area contributed by atoms with E-state index in [1.165, 1.54) is 28.9 Å². The quantitative estimate of drug-likeness (QED) is 0.485. The summed E-state index contributed by atoms with van der Waals surface area (Å²) in [7, 11) is 0. The minimum Gasteiger partial charge on any atom is -0.452 e. The molecule has 0 radical (unpaired) electrons. The maximum atomic E-state index is 13.1. The zero-order valence-corrected chi connectivity index (χ0v) is 14.9. The van der Waals surface area contributed by atoms with Crippen LogP contribution in [0.25, 0.3) is 16.8 Å². The van der Waals surface area contributed by atoms with Crippen molar-refractivity contribution in [2.75, 3.05) is 0 Å². The van der Waals surface area contributed by atoms with Crippen LogP contribution < -0.4 is 0 Å². The number of carbonyl (C=O) groups excluding carboxylic acids is 1. The SMILES string of the molecule is Cc1nn(-c2ccc(F)cc2)c(Cl)c1C(=O)OCc1nc2ccccc2o1. The molecule has 0 aliphatic heterocycles. The third-order valence-corrected chi connectivity index (χ3v) is 4.29. The monoisotopic (exact) mass is 385 g/mol. The summed E-state index contributed by atoms with van der Waals surface area (Å²) in [5, 5.41) is 4.33. The molecule has 0 atom stereocenters. The highest BCUT2D eigenvalue weighted by Crippen LogP contribution is 2.25. The molecule has 2 heterocycles. The lowest BCUT2D eigenvalue weighted by molar-refractivity contribution is 0.0439. The molecule has 8 heteroatoms. The van der Waals surface area contributed by atoms with Gasteiger partial charge in [0.2, 0.25) is 5.89 Å². The molecule has 2 aromatic carbocycles. The van der Waals surface area contributed by atoms with Crippen molar-refractivity contribution in [3.8, 4) is 5.69 Å². The Morgan fingerprint density at radius 2 is 1.96 bits per heavy atom. The Labute approximate surface area is 158 Å². The van der Waals surface area contributed by atoms with Gasteiger partial charge in [0.15, 0.2) is 12.2 Å². The van der Waals surface area contributed by atoms with E-state index < -0.39 is 5.97 Å². The first-order valence-electron chi connectivity index (χ1n) is 8.05. The number of oxazole rings is 1. The summed E-state index contributed by atoms with van der Waals surface area (Å²) in [5.41, 5.74) is 2.36. The van der Waals surface area contributed by atoms with Crippen LogP contribution in [0.1, 0.15) is 21.9 Å². The van der Waals surface area contributed by atoms with E-state index in [9.17, 15) is 9.18 Å². The van der Waals surface area contributed by atoms with Gasteiger partial charge in [-0.1, -0.05) is 23.7 Å². The van der Waals surface area contributed by atoms with Crippen molar-refractivity contribution in [3.05, 3.63) is 76.6 Å². The number of benzene rings is 2. The number of ether oxygens (including phenoxy) is 1. The number of carbonyl (C=O) groups is 1. The van der Waals surface area contributed by atoms with E-state index in [-0.39, 0.29) is 29.0 Å². The lowest BCUT2D eigenvalue weighted by Gasteiger charge is -2.04. The Balaban J connectivity index is 1.55. The molecular weight excluding hydrogens is 373 g/mol. The van der Waals surface area contributed by atoms with Gasteiger partial charge in [-0.2, -0.15) is 5.10 Å². The van der Waals surface area contributed by atoms with Crippen molar-refractivity contribution in [2.45, 2.75) is 13.5 Å². The fourth-order valence-electron chi connectivity index (χ4n) is 2.67. The van der Waals surface area contributed by atoms with Gasteiger partial charge in [-0.15, -0.1) is 0 Å². The maximum Gasteiger partial charge on any atom is 0.343 e. The molecule has 136 valence electrons. The first kappa shape index (κ1) is 17.2. The summed E-state index contributed by atoms with van der Waals surface area (Å²) in [5.74, 6) is -0.742. The Morgan fingerprint density at radius 1 is 1.22 bits per heavy atom. The largest absolute Gasteiger partial charge is 0.452 e. The summed E-state index contributed by atoms with van der Waals surface area (Å²) < 4.78 is 25.3. The van der Waals surface area contributed by atoms with Crippen molar-refractivity contribution >= 4 is 28.7 Å². The van der Waals surface area contributed by atoms with Crippen LogP contribution in [0.5, 0.6) is 0 Å².